The highest BCUT2D eigenvalue weighted by Crippen LogP contribution is 2.31. The van der Waals surface area contributed by atoms with Crippen LogP contribution in [0.15, 0.2) is 24.3 Å². The average Bonchev–Trinajstić information content (AvgIpc) is 2.66. The van der Waals surface area contributed by atoms with E-state index in [9.17, 15) is 19.2 Å². The van der Waals surface area contributed by atoms with Gasteiger partial charge in [-0.15, -0.1) is 11.8 Å². The Labute approximate surface area is 162 Å². The lowest BCUT2D eigenvalue weighted by Crippen LogP contribution is -2.53. The zero-order chi connectivity index (χ0) is 20.0. The summed E-state index contributed by atoms with van der Waals surface area (Å²) >= 11 is 1.37. The van der Waals surface area contributed by atoms with Gasteiger partial charge in [0, 0.05) is 5.69 Å². The Bertz CT molecular complexity index is 697. The quantitative estimate of drug-likeness (QED) is 0.566. The summed E-state index contributed by atoms with van der Waals surface area (Å²) in [5.74, 6) is -1.53. The van der Waals surface area contributed by atoms with Crippen LogP contribution in [0.25, 0.3) is 0 Å². The maximum atomic E-state index is 12.5. The molecule has 0 saturated carbocycles. The zero-order valence-electron chi connectivity index (χ0n) is 15.7. The molecule has 7 nitrogen and oxygen atoms in total. The van der Waals surface area contributed by atoms with Crippen LogP contribution in [0.1, 0.15) is 44.0 Å². The van der Waals surface area contributed by atoms with Gasteiger partial charge in [0.15, 0.2) is 0 Å². The molecule has 0 unspecified atom stereocenters. The molecule has 1 fully saturated rings. The summed E-state index contributed by atoms with van der Waals surface area (Å²) < 4.78 is 4.90. The number of nitrogens with zero attached hydrogens (tertiary/aromatic N) is 1. The van der Waals surface area contributed by atoms with Crippen LogP contribution in [0.2, 0.25) is 0 Å². The molecule has 2 rings (SSSR count). The number of amides is 3. The van der Waals surface area contributed by atoms with Crippen molar-refractivity contribution in [1.82, 2.24) is 4.90 Å². The molecular formula is C19H24N2O5S. The second kappa shape index (κ2) is 9.55. The first-order chi connectivity index (χ1) is 12.9. The van der Waals surface area contributed by atoms with Gasteiger partial charge < -0.3 is 10.1 Å². The van der Waals surface area contributed by atoms with E-state index in [1.54, 1.807) is 31.2 Å². The molecule has 0 radical (unpaired) electrons. The number of hydrogen-bond acceptors (Lipinski definition) is 6. The third-order valence-corrected chi connectivity index (χ3v) is 5.86. The average molecular weight is 392 g/mol. The summed E-state index contributed by atoms with van der Waals surface area (Å²) in [6.07, 6.45) is 1.22. The lowest BCUT2D eigenvalue weighted by Gasteiger charge is -2.34. The van der Waals surface area contributed by atoms with E-state index in [0.717, 1.165) is 4.90 Å². The summed E-state index contributed by atoms with van der Waals surface area (Å²) in [4.78, 5) is 49.9. The Hall–Kier alpha value is -2.35. The molecule has 1 N–H and O–H groups in total. The van der Waals surface area contributed by atoms with Crippen molar-refractivity contribution in [3.63, 3.8) is 0 Å². The van der Waals surface area contributed by atoms with Crippen LogP contribution in [0.3, 0.4) is 0 Å². The molecule has 146 valence electrons. The number of imide groups is 1. The fourth-order valence-corrected chi connectivity index (χ4v) is 3.99. The Kier molecular flexibility index (Phi) is 7.41. The van der Waals surface area contributed by atoms with Crippen molar-refractivity contribution in [3.05, 3.63) is 29.8 Å². The van der Waals surface area contributed by atoms with E-state index in [0.29, 0.717) is 24.1 Å². The van der Waals surface area contributed by atoms with Crippen LogP contribution >= 0.6 is 11.8 Å². The van der Waals surface area contributed by atoms with E-state index in [2.05, 4.69) is 5.32 Å². The molecule has 0 aliphatic carbocycles. The fourth-order valence-electron chi connectivity index (χ4n) is 2.72. The van der Waals surface area contributed by atoms with Crippen molar-refractivity contribution >= 4 is 41.1 Å². The predicted octanol–water partition coefficient (Wildman–Crippen LogP) is 2.46. The molecule has 3 amide bonds. The first kappa shape index (κ1) is 21.0. The van der Waals surface area contributed by atoms with E-state index in [1.165, 1.54) is 11.8 Å². The van der Waals surface area contributed by atoms with Crippen LogP contribution in [-0.4, -0.2) is 52.2 Å². The second-order valence-electron chi connectivity index (χ2n) is 6.04. The SMILES string of the molecule is CCOC(=O)c1ccc(NC(=O)CN2C(=O)[C@H](CC)S[C@H](CC)C2=O)cc1. The Morgan fingerprint density at radius 2 is 1.59 bits per heavy atom. The van der Waals surface area contributed by atoms with E-state index in [-0.39, 0.29) is 35.5 Å². The van der Waals surface area contributed by atoms with Gasteiger partial charge in [0.25, 0.3) is 0 Å². The van der Waals surface area contributed by atoms with Gasteiger partial charge >= 0.3 is 5.97 Å². The van der Waals surface area contributed by atoms with Crippen molar-refractivity contribution in [2.45, 2.75) is 44.1 Å². The third-order valence-electron chi connectivity index (χ3n) is 4.13. The maximum Gasteiger partial charge on any atom is 0.338 e. The minimum absolute atomic E-state index is 0.283. The number of rotatable bonds is 7. The highest BCUT2D eigenvalue weighted by molar-refractivity contribution is 8.02. The number of thioether (sulfide) groups is 1. The largest absolute Gasteiger partial charge is 0.462 e. The molecule has 1 heterocycles. The van der Waals surface area contributed by atoms with Crippen molar-refractivity contribution in [3.8, 4) is 0 Å². The Morgan fingerprint density at radius 1 is 1.04 bits per heavy atom. The molecular weight excluding hydrogens is 368 g/mol. The summed E-state index contributed by atoms with van der Waals surface area (Å²) in [7, 11) is 0. The van der Waals surface area contributed by atoms with Gasteiger partial charge in [0.05, 0.1) is 22.7 Å². The zero-order valence-corrected chi connectivity index (χ0v) is 16.5. The highest BCUT2D eigenvalue weighted by atomic mass is 32.2. The fraction of sp³-hybridized carbons (Fsp3) is 0.474. The predicted molar refractivity (Wildman–Crippen MR) is 103 cm³/mol. The standard InChI is InChI=1S/C19H24N2O5S/c1-4-14-17(23)21(18(24)15(5-2)27-14)11-16(22)20-13-9-7-12(8-10-13)19(25)26-6-3/h7-10,14-15H,4-6,11H2,1-3H3,(H,20,22)/t14-,15+. The normalized spacial score (nSPS) is 19.7. The molecule has 8 heteroatoms. The van der Waals surface area contributed by atoms with Crippen molar-refractivity contribution in [1.29, 1.82) is 0 Å². The molecule has 27 heavy (non-hydrogen) atoms. The van der Waals surface area contributed by atoms with E-state index >= 15 is 0 Å². The maximum absolute atomic E-state index is 12.5. The highest BCUT2D eigenvalue weighted by Gasteiger charge is 2.40. The summed E-state index contributed by atoms with van der Waals surface area (Å²) in [5.41, 5.74) is 0.850. The molecule has 2 atom stereocenters. The topological polar surface area (TPSA) is 92.8 Å². The van der Waals surface area contributed by atoms with Crippen LogP contribution < -0.4 is 5.32 Å². The molecule has 1 aliphatic rings. The number of hydrogen-bond donors (Lipinski definition) is 1. The number of anilines is 1. The lowest BCUT2D eigenvalue weighted by atomic mass is 10.2. The lowest BCUT2D eigenvalue weighted by molar-refractivity contribution is -0.147. The third kappa shape index (κ3) is 5.09. The van der Waals surface area contributed by atoms with Crippen LogP contribution in [0.4, 0.5) is 5.69 Å². The van der Waals surface area contributed by atoms with E-state index in [4.69, 9.17) is 4.74 Å². The summed E-state index contributed by atoms with van der Waals surface area (Å²) in [6, 6.07) is 6.23. The number of ether oxygens (including phenoxy) is 1. The Morgan fingerprint density at radius 3 is 2.07 bits per heavy atom. The van der Waals surface area contributed by atoms with Crippen LogP contribution in [0, 0.1) is 0 Å². The van der Waals surface area contributed by atoms with Gasteiger partial charge in [-0.05, 0) is 44.0 Å². The number of carbonyl (C=O) groups is 4. The van der Waals surface area contributed by atoms with Gasteiger partial charge in [-0.2, -0.15) is 0 Å². The minimum Gasteiger partial charge on any atom is -0.462 e. The molecule has 0 spiro atoms. The molecule has 1 aromatic carbocycles. The number of esters is 1. The van der Waals surface area contributed by atoms with Gasteiger partial charge in [-0.3, -0.25) is 19.3 Å². The molecule has 1 saturated heterocycles. The number of benzene rings is 1. The molecule has 0 bridgehead atoms. The number of nitrogens with one attached hydrogen (secondary N) is 1. The first-order valence-electron chi connectivity index (χ1n) is 8.98. The summed E-state index contributed by atoms with van der Waals surface area (Å²) in [5, 5.41) is 2.05. The molecule has 1 aliphatic heterocycles. The van der Waals surface area contributed by atoms with Gasteiger partial charge in [0.1, 0.15) is 6.54 Å². The molecule has 1 aromatic rings. The van der Waals surface area contributed by atoms with E-state index in [1.807, 2.05) is 13.8 Å². The van der Waals surface area contributed by atoms with E-state index < -0.39 is 11.9 Å². The minimum atomic E-state index is -0.461. The summed E-state index contributed by atoms with van der Waals surface area (Å²) in [6.45, 7) is 5.47. The van der Waals surface area contributed by atoms with Gasteiger partial charge in [-0.1, -0.05) is 13.8 Å². The first-order valence-corrected chi connectivity index (χ1v) is 9.93. The van der Waals surface area contributed by atoms with Gasteiger partial charge in [-0.25, -0.2) is 4.79 Å². The smallest absolute Gasteiger partial charge is 0.338 e. The van der Waals surface area contributed by atoms with Crippen LogP contribution in [-0.2, 0) is 19.1 Å². The Balaban J connectivity index is 2.02. The monoisotopic (exact) mass is 392 g/mol. The van der Waals surface area contributed by atoms with Crippen molar-refractivity contribution in [2.24, 2.45) is 0 Å². The van der Waals surface area contributed by atoms with Crippen LogP contribution in [0.5, 0.6) is 0 Å². The second-order valence-corrected chi connectivity index (χ2v) is 7.45. The number of carbonyl (C=O) groups excluding carboxylic acids is 4. The van der Waals surface area contributed by atoms with Gasteiger partial charge in [0.2, 0.25) is 17.7 Å². The molecule has 0 aromatic heterocycles. The van der Waals surface area contributed by atoms with Crippen molar-refractivity contribution in [2.75, 3.05) is 18.5 Å². The van der Waals surface area contributed by atoms with Crippen molar-refractivity contribution < 1.29 is 23.9 Å².